The van der Waals surface area contributed by atoms with Crippen LogP contribution in [0.3, 0.4) is 0 Å². The molecular formula is C15H18S. The third-order valence-corrected chi connectivity index (χ3v) is 4.26. The average molecular weight is 230 g/mol. The number of rotatable bonds is 4. The van der Waals surface area contributed by atoms with E-state index in [9.17, 15) is 0 Å². The highest BCUT2D eigenvalue weighted by atomic mass is 32.1. The van der Waals surface area contributed by atoms with Gasteiger partial charge in [-0.2, -0.15) is 0 Å². The number of hydrogen-bond acceptors (Lipinski definition) is 1. The maximum Gasteiger partial charge on any atom is 0.00514 e. The molecule has 0 unspecified atom stereocenters. The first-order valence-electron chi connectivity index (χ1n) is 5.91. The molecule has 2 aromatic rings. The normalized spacial score (nSPS) is 10.6. The van der Waals surface area contributed by atoms with E-state index in [0.29, 0.717) is 0 Å². The van der Waals surface area contributed by atoms with Crippen molar-refractivity contribution in [3.63, 3.8) is 0 Å². The maximum absolute atomic E-state index is 2.28. The largest absolute Gasteiger partial charge is 0.145 e. The third-order valence-electron chi connectivity index (χ3n) is 2.97. The fourth-order valence-electron chi connectivity index (χ4n) is 1.90. The SMILES string of the molecule is CCc1ccc(CCc2ccccc2C)s1. The van der Waals surface area contributed by atoms with Crippen molar-refractivity contribution in [2.75, 3.05) is 0 Å². The molecule has 0 N–H and O–H groups in total. The van der Waals surface area contributed by atoms with E-state index < -0.39 is 0 Å². The Morgan fingerprint density at radius 3 is 2.38 bits per heavy atom. The molecule has 1 heterocycles. The van der Waals surface area contributed by atoms with E-state index in [4.69, 9.17) is 0 Å². The average Bonchev–Trinajstić information content (AvgIpc) is 2.76. The monoisotopic (exact) mass is 230 g/mol. The van der Waals surface area contributed by atoms with E-state index in [1.54, 1.807) is 0 Å². The maximum atomic E-state index is 2.28. The summed E-state index contributed by atoms with van der Waals surface area (Å²) in [7, 11) is 0. The molecule has 1 heteroatoms. The lowest BCUT2D eigenvalue weighted by atomic mass is 10.0. The van der Waals surface area contributed by atoms with Crippen LogP contribution in [0.4, 0.5) is 0 Å². The van der Waals surface area contributed by atoms with Crippen LogP contribution in [-0.2, 0) is 19.3 Å². The number of benzene rings is 1. The topological polar surface area (TPSA) is 0 Å². The lowest BCUT2D eigenvalue weighted by Crippen LogP contribution is -1.91. The van der Waals surface area contributed by atoms with Crippen LogP contribution >= 0.6 is 11.3 Å². The standard InChI is InChI=1S/C15H18S/c1-3-14-10-11-15(16-14)9-8-13-7-5-4-6-12(13)2/h4-7,10-11H,3,8-9H2,1-2H3. The second kappa shape index (κ2) is 5.31. The van der Waals surface area contributed by atoms with Gasteiger partial charge in [0.1, 0.15) is 0 Å². The van der Waals surface area contributed by atoms with Gasteiger partial charge in [0, 0.05) is 9.75 Å². The van der Waals surface area contributed by atoms with Gasteiger partial charge in [-0.25, -0.2) is 0 Å². The lowest BCUT2D eigenvalue weighted by molar-refractivity contribution is 0.968. The summed E-state index contributed by atoms with van der Waals surface area (Å²) < 4.78 is 0. The smallest absolute Gasteiger partial charge is 0.00514 e. The molecule has 0 amide bonds. The number of hydrogen-bond donors (Lipinski definition) is 0. The van der Waals surface area contributed by atoms with Gasteiger partial charge in [0.25, 0.3) is 0 Å². The fourth-order valence-corrected chi connectivity index (χ4v) is 2.85. The highest BCUT2D eigenvalue weighted by Crippen LogP contribution is 2.19. The summed E-state index contributed by atoms with van der Waals surface area (Å²) in [5.74, 6) is 0. The fraction of sp³-hybridized carbons (Fsp3) is 0.333. The van der Waals surface area contributed by atoms with Crippen LogP contribution in [0.2, 0.25) is 0 Å². The quantitative estimate of drug-likeness (QED) is 0.730. The minimum absolute atomic E-state index is 1.16. The van der Waals surface area contributed by atoms with Crippen LogP contribution in [0.5, 0.6) is 0 Å². The number of thiophene rings is 1. The summed E-state index contributed by atoms with van der Waals surface area (Å²) in [5.41, 5.74) is 2.89. The Kier molecular flexibility index (Phi) is 3.79. The Morgan fingerprint density at radius 1 is 0.938 bits per heavy atom. The molecule has 0 spiro atoms. The van der Waals surface area contributed by atoms with Crippen molar-refractivity contribution in [3.8, 4) is 0 Å². The molecule has 0 atom stereocenters. The van der Waals surface area contributed by atoms with Gasteiger partial charge >= 0.3 is 0 Å². The summed E-state index contributed by atoms with van der Waals surface area (Å²) in [6.07, 6.45) is 3.50. The zero-order chi connectivity index (χ0) is 11.4. The first kappa shape index (κ1) is 11.4. The minimum atomic E-state index is 1.16. The van der Waals surface area contributed by atoms with E-state index in [0.717, 1.165) is 12.8 Å². The van der Waals surface area contributed by atoms with Gasteiger partial charge in [-0.05, 0) is 49.4 Å². The van der Waals surface area contributed by atoms with E-state index in [1.165, 1.54) is 27.3 Å². The Hall–Kier alpha value is -1.08. The Morgan fingerprint density at radius 2 is 1.69 bits per heavy atom. The van der Waals surface area contributed by atoms with Crippen molar-refractivity contribution >= 4 is 11.3 Å². The van der Waals surface area contributed by atoms with Gasteiger partial charge < -0.3 is 0 Å². The van der Waals surface area contributed by atoms with E-state index in [-0.39, 0.29) is 0 Å². The summed E-state index contributed by atoms with van der Waals surface area (Å²) in [4.78, 5) is 3.01. The molecule has 0 saturated carbocycles. The molecule has 0 fully saturated rings. The van der Waals surface area contributed by atoms with Crippen molar-refractivity contribution in [2.45, 2.75) is 33.1 Å². The van der Waals surface area contributed by atoms with E-state index >= 15 is 0 Å². The first-order valence-corrected chi connectivity index (χ1v) is 6.73. The van der Waals surface area contributed by atoms with Crippen LogP contribution in [0.1, 0.15) is 27.8 Å². The van der Waals surface area contributed by atoms with Crippen LogP contribution in [0, 0.1) is 6.92 Å². The molecule has 16 heavy (non-hydrogen) atoms. The first-order chi connectivity index (χ1) is 7.79. The molecule has 84 valence electrons. The summed E-state index contributed by atoms with van der Waals surface area (Å²) >= 11 is 1.96. The minimum Gasteiger partial charge on any atom is -0.145 e. The molecule has 0 aliphatic rings. The molecule has 1 aromatic heterocycles. The van der Waals surface area contributed by atoms with Gasteiger partial charge in [0.2, 0.25) is 0 Å². The van der Waals surface area contributed by atoms with Gasteiger partial charge in [-0.1, -0.05) is 31.2 Å². The third kappa shape index (κ3) is 2.73. The summed E-state index contributed by atoms with van der Waals surface area (Å²) in [6.45, 7) is 4.41. The van der Waals surface area contributed by atoms with Crippen LogP contribution in [0.15, 0.2) is 36.4 Å². The van der Waals surface area contributed by atoms with Crippen LogP contribution in [-0.4, -0.2) is 0 Å². The zero-order valence-electron chi connectivity index (χ0n) is 9.99. The molecule has 2 rings (SSSR count). The highest BCUT2D eigenvalue weighted by molar-refractivity contribution is 7.11. The van der Waals surface area contributed by atoms with Crippen molar-refractivity contribution in [1.29, 1.82) is 0 Å². The van der Waals surface area contributed by atoms with Crippen LogP contribution in [0.25, 0.3) is 0 Å². The van der Waals surface area contributed by atoms with Gasteiger partial charge in [-0.3, -0.25) is 0 Å². The van der Waals surface area contributed by atoms with Crippen molar-refractivity contribution in [2.24, 2.45) is 0 Å². The van der Waals surface area contributed by atoms with E-state index in [1.807, 2.05) is 11.3 Å². The molecule has 1 aromatic carbocycles. The van der Waals surface area contributed by atoms with Crippen LogP contribution < -0.4 is 0 Å². The molecule has 0 aliphatic heterocycles. The van der Waals surface area contributed by atoms with Gasteiger partial charge in [-0.15, -0.1) is 11.3 Å². The molecule has 0 bridgehead atoms. The van der Waals surface area contributed by atoms with Crippen molar-refractivity contribution in [3.05, 3.63) is 57.3 Å². The Labute approximate surface area is 102 Å². The molecule has 0 saturated heterocycles. The molecule has 0 aliphatic carbocycles. The number of aryl methyl sites for hydroxylation is 4. The summed E-state index contributed by atoms with van der Waals surface area (Å²) in [5, 5.41) is 0. The molecule has 0 nitrogen and oxygen atoms in total. The Bertz CT molecular complexity index is 454. The second-order valence-electron chi connectivity index (χ2n) is 4.15. The van der Waals surface area contributed by atoms with E-state index in [2.05, 4.69) is 50.2 Å². The van der Waals surface area contributed by atoms with Gasteiger partial charge in [0.15, 0.2) is 0 Å². The zero-order valence-corrected chi connectivity index (χ0v) is 10.8. The lowest BCUT2D eigenvalue weighted by Gasteiger charge is -2.03. The molecule has 0 radical (unpaired) electrons. The highest BCUT2D eigenvalue weighted by Gasteiger charge is 2.01. The van der Waals surface area contributed by atoms with Crippen molar-refractivity contribution < 1.29 is 0 Å². The predicted octanol–water partition coefficient (Wildman–Crippen LogP) is 4.40. The second-order valence-corrected chi connectivity index (χ2v) is 5.40. The molecular weight excluding hydrogens is 212 g/mol. The van der Waals surface area contributed by atoms with Gasteiger partial charge in [0.05, 0.1) is 0 Å². The predicted molar refractivity (Wildman–Crippen MR) is 72.3 cm³/mol. The summed E-state index contributed by atoms with van der Waals surface area (Å²) in [6, 6.07) is 13.2. The van der Waals surface area contributed by atoms with Crippen molar-refractivity contribution in [1.82, 2.24) is 0 Å². The Balaban J connectivity index is 1.99.